The van der Waals surface area contributed by atoms with E-state index in [2.05, 4.69) is 0 Å². The summed E-state index contributed by atoms with van der Waals surface area (Å²) in [5.74, 6) is -0.100. The van der Waals surface area contributed by atoms with Gasteiger partial charge in [-0.15, -0.1) is 11.3 Å². The average molecular weight is 353 g/mol. The van der Waals surface area contributed by atoms with Crippen molar-refractivity contribution in [1.82, 2.24) is 9.88 Å². The van der Waals surface area contributed by atoms with Crippen LogP contribution in [0.15, 0.2) is 48.5 Å². The van der Waals surface area contributed by atoms with Gasteiger partial charge < -0.3 is 4.90 Å². The molecule has 0 saturated carbocycles. The van der Waals surface area contributed by atoms with Crippen LogP contribution in [0.4, 0.5) is 5.69 Å². The number of benzene rings is 2. The van der Waals surface area contributed by atoms with Gasteiger partial charge in [0.25, 0.3) is 11.6 Å². The summed E-state index contributed by atoms with van der Waals surface area (Å²) in [7, 11) is 0. The van der Waals surface area contributed by atoms with E-state index < -0.39 is 4.92 Å². The first kappa shape index (κ1) is 15.7. The molecule has 0 aliphatic carbocycles. The van der Waals surface area contributed by atoms with Crippen molar-refractivity contribution >= 4 is 33.1 Å². The maximum Gasteiger partial charge on any atom is 0.269 e. The fourth-order valence-corrected chi connectivity index (χ4v) is 4.31. The number of hydrogen-bond donors (Lipinski definition) is 0. The van der Waals surface area contributed by atoms with Crippen LogP contribution < -0.4 is 0 Å². The summed E-state index contributed by atoms with van der Waals surface area (Å²) in [5.41, 5.74) is 1.41. The van der Waals surface area contributed by atoms with Crippen molar-refractivity contribution in [3.05, 3.63) is 69.2 Å². The molecule has 0 radical (unpaired) electrons. The fraction of sp³-hybridized carbons (Fsp3) is 0.222. The standard InChI is InChI=1S/C18H15N3O3S/c22-18(12-7-9-13(10-8-12)21(23)24)20-11-3-5-15(20)17-19-14-4-1-2-6-16(14)25-17/h1-2,4,6-10,15H,3,5,11H2. The van der Waals surface area contributed by atoms with Crippen LogP contribution in [0.1, 0.15) is 34.2 Å². The number of carbonyl (C=O) groups excluding carboxylic acids is 1. The number of nitro benzene ring substituents is 1. The van der Waals surface area contributed by atoms with E-state index in [1.165, 1.54) is 24.3 Å². The van der Waals surface area contributed by atoms with Gasteiger partial charge in [0, 0.05) is 24.2 Å². The number of nitrogens with zero attached hydrogens (tertiary/aromatic N) is 3. The third-order valence-corrected chi connectivity index (χ3v) is 5.57. The highest BCUT2D eigenvalue weighted by atomic mass is 32.1. The smallest absolute Gasteiger partial charge is 0.269 e. The quantitative estimate of drug-likeness (QED) is 0.523. The van der Waals surface area contributed by atoms with E-state index in [4.69, 9.17) is 4.98 Å². The molecular weight excluding hydrogens is 338 g/mol. The molecule has 1 aliphatic heterocycles. The molecule has 0 spiro atoms. The lowest BCUT2D eigenvalue weighted by molar-refractivity contribution is -0.384. The molecule has 1 unspecified atom stereocenters. The number of rotatable bonds is 3. The normalized spacial score (nSPS) is 17.1. The zero-order valence-corrected chi connectivity index (χ0v) is 14.1. The molecule has 1 saturated heterocycles. The van der Waals surface area contributed by atoms with E-state index in [-0.39, 0.29) is 17.6 Å². The molecular formula is C18H15N3O3S. The largest absolute Gasteiger partial charge is 0.329 e. The highest BCUT2D eigenvalue weighted by molar-refractivity contribution is 7.18. The second kappa shape index (κ2) is 6.25. The minimum absolute atomic E-state index is 0.0132. The molecule has 2 aromatic carbocycles. The van der Waals surface area contributed by atoms with Gasteiger partial charge in [0.05, 0.1) is 21.2 Å². The molecule has 1 aromatic heterocycles. The van der Waals surface area contributed by atoms with Gasteiger partial charge in [-0.05, 0) is 37.1 Å². The molecule has 4 rings (SSSR count). The van der Waals surface area contributed by atoms with Gasteiger partial charge in [-0.1, -0.05) is 12.1 Å². The SMILES string of the molecule is O=C(c1ccc([N+](=O)[O-])cc1)N1CCCC1c1nc2ccccc2s1. The minimum Gasteiger partial charge on any atom is -0.329 e. The lowest BCUT2D eigenvalue weighted by atomic mass is 10.1. The van der Waals surface area contributed by atoms with Crippen LogP contribution in [0.25, 0.3) is 10.2 Å². The van der Waals surface area contributed by atoms with Crippen molar-refractivity contribution in [3.63, 3.8) is 0 Å². The Morgan fingerprint density at radius 2 is 1.96 bits per heavy atom. The van der Waals surface area contributed by atoms with Gasteiger partial charge in [-0.2, -0.15) is 0 Å². The van der Waals surface area contributed by atoms with E-state index in [0.717, 1.165) is 28.1 Å². The molecule has 1 amide bonds. The minimum atomic E-state index is -0.464. The molecule has 1 atom stereocenters. The second-order valence-electron chi connectivity index (χ2n) is 5.98. The summed E-state index contributed by atoms with van der Waals surface area (Å²) in [6.07, 6.45) is 1.82. The first-order valence-electron chi connectivity index (χ1n) is 8.04. The molecule has 3 aromatic rings. The zero-order valence-electron chi connectivity index (χ0n) is 13.3. The number of amides is 1. The van der Waals surface area contributed by atoms with Crippen molar-refractivity contribution in [2.75, 3.05) is 6.54 Å². The Bertz CT molecular complexity index is 919. The monoisotopic (exact) mass is 353 g/mol. The number of para-hydroxylation sites is 1. The number of likely N-dealkylation sites (tertiary alicyclic amines) is 1. The van der Waals surface area contributed by atoms with Crippen molar-refractivity contribution in [2.24, 2.45) is 0 Å². The predicted molar refractivity (Wildman–Crippen MR) is 95.7 cm³/mol. The lowest BCUT2D eigenvalue weighted by Gasteiger charge is -2.23. The van der Waals surface area contributed by atoms with E-state index in [0.29, 0.717) is 12.1 Å². The Labute approximate surface area is 147 Å². The van der Waals surface area contributed by atoms with Gasteiger partial charge in [0.2, 0.25) is 0 Å². The summed E-state index contributed by atoms with van der Waals surface area (Å²) < 4.78 is 1.12. The summed E-state index contributed by atoms with van der Waals surface area (Å²) >= 11 is 1.62. The third kappa shape index (κ3) is 2.87. The van der Waals surface area contributed by atoms with E-state index in [1.54, 1.807) is 11.3 Å². The van der Waals surface area contributed by atoms with Gasteiger partial charge in [0.15, 0.2) is 0 Å². The van der Waals surface area contributed by atoms with Crippen LogP contribution in [0.2, 0.25) is 0 Å². The Morgan fingerprint density at radius 1 is 1.20 bits per heavy atom. The fourth-order valence-electron chi connectivity index (χ4n) is 3.19. The Balaban J connectivity index is 1.62. The molecule has 7 heteroatoms. The molecule has 126 valence electrons. The molecule has 25 heavy (non-hydrogen) atoms. The number of aromatic nitrogens is 1. The predicted octanol–water partition coefficient (Wildman–Crippen LogP) is 4.18. The van der Waals surface area contributed by atoms with E-state index in [9.17, 15) is 14.9 Å². The molecule has 1 aliphatic rings. The van der Waals surface area contributed by atoms with Crippen LogP contribution in [0.3, 0.4) is 0 Å². The second-order valence-corrected chi connectivity index (χ2v) is 7.04. The average Bonchev–Trinajstić information content (AvgIpc) is 3.27. The van der Waals surface area contributed by atoms with Crippen LogP contribution in [0.5, 0.6) is 0 Å². The molecule has 0 bridgehead atoms. The summed E-state index contributed by atoms with van der Waals surface area (Å²) in [6.45, 7) is 0.677. The number of fused-ring (bicyclic) bond motifs is 1. The lowest BCUT2D eigenvalue weighted by Crippen LogP contribution is -2.30. The highest BCUT2D eigenvalue weighted by Crippen LogP contribution is 2.37. The van der Waals surface area contributed by atoms with Crippen molar-refractivity contribution in [2.45, 2.75) is 18.9 Å². The molecule has 0 N–H and O–H groups in total. The van der Waals surface area contributed by atoms with Gasteiger partial charge >= 0.3 is 0 Å². The Kier molecular flexibility index (Phi) is 3.93. The van der Waals surface area contributed by atoms with Gasteiger partial charge in [0.1, 0.15) is 5.01 Å². The first-order chi connectivity index (χ1) is 12.1. The van der Waals surface area contributed by atoms with Crippen LogP contribution in [0, 0.1) is 10.1 Å². The van der Waals surface area contributed by atoms with Crippen molar-refractivity contribution in [3.8, 4) is 0 Å². The van der Waals surface area contributed by atoms with Gasteiger partial charge in [-0.3, -0.25) is 14.9 Å². The number of nitro groups is 1. The Morgan fingerprint density at radius 3 is 2.68 bits per heavy atom. The number of hydrogen-bond acceptors (Lipinski definition) is 5. The maximum absolute atomic E-state index is 12.9. The van der Waals surface area contributed by atoms with Gasteiger partial charge in [-0.25, -0.2) is 4.98 Å². The van der Waals surface area contributed by atoms with E-state index >= 15 is 0 Å². The highest BCUT2D eigenvalue weighted by Gasteiger charge is 2.32. The molecule has 2 heterocycles. The number of thiazole rings is 1. The molecule has 6 nitrogen and oxygen atoms in total. The Hall–Kier alpha value is -2.80. The summed E-state index contributed by atoms with van der Waals surface area (Å²) in [4.78, 5) is 29.7. The van der Waals surface area contributed by atoms with Crippen molar-refractivity contribution in [1.29, 1.82) is 0 Å². The third-order valence-electron chi connectivity index (χ3n) is 4.43. The topological polar surface area (TPSA) is 76.3 Å². The van der Waals surface area contributed by atoms with Crippen molar-refractivity contribution < 1.29 is 9.72 Å². The van der Waals surface area contributed by atoms with Crippen LogP contribution in [-0.2, 0) is 0 Å². The first-order valence-corrected chi connectivity index (χ1v) is 8.86. The van der Waals surface area contributed by atoms with Crippen LogP contribution in [-0.4, -0.2) is 27.3 Å². The maximum atomic E-state index is 12.9. The summed E-state index contributed by atoms with van der Waals surface area (Å²) in [6, 6.07) is 13.7. The van der Waals surface area contributed by atoms with Crippen LogP contribution >= 0.6 is 11.3 Å². The zero-order chi connectivity index (χ0) is 17.4. The summed E-state index contributed by atoms with van der Waals surface area (Å²) in [5, 5.41) is 11.7. The number of non-ortho nitro benzene ring substituents is 1. The van der Waals surface area contributed by atoms with E-state index in [1.807, 2.05) is 29.2 Å². The molecule has 1 fully saturated rings. The number of carbonyl (C=O) groups is 1.